The van der Waals surface area contributed by atoms with Gasteiger partial charge in [0.2, 0.25) is 15.7 Å². The van der Waals surface area contributed by atoms with Crippen molar-refractivity contribution in [3.05, 3.63) is 63.7 Å². The van der Waals surface area contributed by atoms with Crippen molar-refractivity contribution in [1.82, 2.24) is 9.62 Å². The van der Waals surface area contributed by atoms with E-state index >= 15 is 0 Å². The molecule has 0 bridgehead atoms. The van der Waals surface area contributed by atoms with Crippen LogP contribution in [0.25, 0.3) is 4.85 Å². The van der Waals surface area contributed by atoms with Crippen molar-refractivity contribution >= 4 is 38.9 Å². The summed E-state index contributed by atoms with van der Waals surface area (Å²) in [4.78, 5) is 3.04. The molecule has 7 nitrogen and oxygen atoms in total. The highest BCUT2D eigenvalue weighted by Crippen LogP contribution is 2.38. The molecule has 1 unspecified atom stereocenters. The average Bonchev–Trinajstić information content (AvgIpc) is 2.68. The monoisotopic (exact) mass is 501 g/mol. The van der Waals surface area contributed by atoms with E-state index in [0.29, 0.717) is 18.1 Å². The van der Waals surface area contributed by atoms with Crippen LogP contribution in [0.3, 0.4) is 0 Å². The molecule has 2 N–H and O–H groups in total. The second-order valence-electron chi connectivity index (χ2n) is 7.84. The van der Waals surface area contributed by atoms with Crippen LogP contribution in [0.1, 0.15) is 6.92 Å². The molecule has 2 aromatic rings. The molecule has 0 aromatic heterocycles. The van der Waals surface area contributed by atoms with Crippen molar-refractivity contribution in [2.75, 3.05) is 32.8 Å². The minimum absolute atomic E-state index is 0.0353. The van der Waals surface area contributed by atoms with E-state index < -0.39 is 27.4 Å². The lowest BCUT2D eigenvalue weighted by atomic mass is 9.82. The zero-order valence-corrected chi connectivity index (χ0v) is 19.5. The van der Waals surface area contributed by atoms with E-state index in [1.807, 2.05) is 0 Å². The third-order valence-corrected chi connectivity index (χ3v) is 7.57. The number of ether oxygens (including phenoxy) is 1. The smallest absolute Gasteiger partial charge is 0.244 e. The van der Waals surface area contributed by atoms with Crippen LogP contribution in [0.4, 0.5) is 10.1 Å². The van der Waals surface area contributed by atoms with Crippen molar-refractivity contribution in [2.24, 2.45) is 5.41 Å². The number of halogens is 3. The Kier molecular flexibility index (Phi) is 7.65. The summed E-state index contributed by atoms with van der Waals surface area (Å²) in [5, 5.41) is 13.0. The molecule has 1 aliphatic rings. The van der Waals surface area contributed by atoms with E-state index in [0.717, 1.165) is 6.07 Å². The first-order valence-corrected chi connectivity index (χ1v) is 11.9. The molecule has 0 spiro atoms. The number of aliphatic hydroxyl groups excluding tert-OH is 1. The number of sulfonamides is 1. The fourth-order valence-electron chi connectivity index (χ4n) is 3.40. The van der Waals surface area contributed by atoms with E-state index in [9.17, 15) is 17.9 Å². The molecule has 3 rings (SSSR count). The zero-order valence-electron chi connectivity index (χ0n) is 17.2. The summed E-state index contributed by atoms with van der Waals surface area (Å²) in [5.74, 6) is -0.444. The molecule has 32 heavy (non-hydrogen) atoms. The van der Waals surface area contributed by atoms with Crippen molar-refractivity contribution < 1.29 is 22.7 Å². The quantitative estimate of drug-likeness (QED) is 0.511. The van der Waals surface area contributed by atoms with Gasteiger partial charge in [-0.1, -0.05) is 23.2 Å². The minimum atomic E-state index is -3.84. The van der Waals surface area contributed by atoms with Crippen LogP contribution in [0.2, 0.25) is 10.0 Å². The maximum atomic E-state index is 13.9. The van der Waals surface area contributed by atoms with Gasteiger partial charge in [0.25, 0.3) is 0 Å². The highest BCUT2D eigenvalue weighted by atomic mass is 35.5. The third-order valence-electron chi connectivity index (χ3n) is 5.06. The van der Waals surface area contributed by atoms with Crippen LogP contribution in [-0.2, 0) is 10.0 Å². The molecule has 11 heteroatoms. The van der Waals surface area contributed by atoms with Crippen LogP contribution in [0, 0.1) is 17.8 Å². The zero-order chi connectivity index (χ0) is 23.5. The topological polar surface area (TPSA) is 83.2 Å². The Labute approximate surface area is 196 Å². The van der Waals surface area contributed by atoms with Gasteiger partial charge in [0.1, 0.15) is 16.5 Å². The molecule has 172 valence electrons. The standard InChI is InChI=1S/C21H22Cl2FN3O4S/c1-14(28)9-26-10-21(13-31-16-4-5-19(25-2)18(24)8-16)11-27(12-21)32(29,30)20-6-3-15(22)7-17(20)23/h3-8,14,26,28H,9-13H2,1H3. The lowest BCUT2D eigenvalue weighted by molar-refractivity contribution is 0.0172. The van der Waals surface area contributed by atoms with Crippen LogP contribution >= 0.6 is 23.2 Å². The molecule has 0 aliphatic carbocycles. The molecule has 0 saturated carbocycles. The molecule has 1 aliphatic heterocycles. The van der Waals surface area contributed by atoms with Crippen molar-refractivity contribution in [2.45, 2.75) is 17.9 Å². The second-order valence-corrected chi connectivity index (χ2v) is 10.6. The lowest BCUT2D eigenvalue weighted by Gasteiger charge is -2.49. The summed E-state index contributed by atoms with van der Waals surface area (Å²) in [7, 11) is -3.84. The van der Waals surface area contributed by atoms with Gasteiger partial charge in [-0.05, 0) is 37.3 Å². The van der Waals surface area contributed by atoms with Crippen molar-refractivity contribution in [3.63, 3.8) is 0 Å². The Morgan fingerprint density at radius 1 is 1.31 bits per heavy atom. The fourth-order valence-corrected chi connectivity index (χ4v) is 5.81. The molecule has 1 heterocycles. The van der Waals surface area contributed by atoms with E-state index in [2.05, 4.69) is 10.2 Å². The Morgan fingerprint density at radius 3 is 2.62 bits per heavy atom. The lowest BCUT2D eigenvalue weighted by Crippen LogP contribution is -2.64. The van der Waals surface area contributed by atoms with Crippen LogP contribution in [0.15, 0.2) is 41.3 Å². The first-order chi connectivity index (χ1) is 15.1. The number of nitrogens with one attached hydrogen (secondary N) is 1. The Bertz CT molecular complexity index is 1130. The number of rotatable bonds is 9. The molecule has 0 amide bonds. The number of benzene rings is 2. The summed E-state index contributed by atoms with van der Waals surface area (Å²) in [6, 6.07) is 8.15. The predicted molar refractivity (Wildman–Crippen MR) is 120 cm³/mol. The Hall–Kier alpha value is -1.93. The van der Waals surface area contributed by atoms with Crippen LogP contribution in [0.5, 0.6) is 5.75 Å². The molecule has 1 saturated heterocycles. The van der Waals surface area contributed by atoms with Crippen LogP contribution < -0.4 is 10.1 Å². The highest BCUT2D eigenvalue weighted by molar-refractivity contribution is 7.89. The molecule has 1 fully saturated rings. The van der Waals surface area contributed by atoms with Gasteiger partial charge in [0.05, 0.1) is 24.3 Å². The van der Waals surface area contributed by atoms with Gasteiger partial charge in [0, 0.05) is 42.7 Å². The Morgan fingerprint density at radius 2 is 2.03 bits per heavy atom. The first-order valence-electron chi connectivity index (χ1n) is 9.70. The summed E-state index contributed by atoms with van der Waals surface area (Å²) >= 11 is 12.0. The normalized spacial score (nSPS) is 16.8. The van der Waals surface area contributed by atoms with E-state index in [-0.39, 0.29) is 41.1 Å². The molecule has 2 aromatic carbocycles. The molecule has 0 radical (unpaired) electrons. The Balaban J connectivity index is 1.74. The molecule has 1 atom stereocenters. The largest absolute Gasteiger partial charge is 0.493 e. The summed E-state index contributed by atoms with van der Waals surface area (Å²) in [6.07, 6.45) is -0.573. The van der Waals surface area contributed by atoms with E-state index in [1.54, 1.807) is 6.92 Å². The van der Waals surface area contributed by atoms with E-state index in [4.69, 9.17) is 34.5 Å². The van der Waals surface area contributed by atoms with Crippen LogP contribution in [-0.4, -0.2) is 56.7 Å². The van der Waals surface area contributed by atoms with Gasteiger partial charge in [-0.15, -0.1) is 0 Å². The fraction of sp³-hybridized carbons (Fsp3) is 0.381. The highest BCUT2D eigenvalue weighted by Gasteiger charge is 2.49. The predicted octanol–water partition coefficient (Wildman–Crippen LogP) is 3.72. The average molecular weight is 502 g/mol. The molecular weight excluding hydrogens is 480 g/mol. The second kappa shape index (κ2) is 9.91. The summed E-state index contributed by atoms with van der Waals surface area (Å²) in [6.45, 7) is 9.65. The number of nitrogens with zero attached hydrogens (tertiary/aromatic N) is 2. The maximum absolute atomic E-state index is 13.9. The van der Waals surface area contributed by atoms with Gasteiger partial charge in [-0.2, -0.15) is 4.31 Å². The number of hydrogen-bond donors (Lipinski definition) is 2. The van der Waals surface area contributed by atoms with Gasteiger partial charge in [-0.25, -0.2) is 17.7 Å². The van der Waals surface area contributed by atoms with Gasteiger partial charge in [0.15, 0.2) is 0 Å². The third kappa shape index (κ3) is 5.52. The van der Waals surface area contributed by atoms with Gasteiger partial charge in [-0.3, -0.25) is 0 Å². The number of hydrogen-bond acceptors (Lipinski definition) is 5. The summed E-state index contributed by atoms with van der Waals surface area (Å²) < 4.78 is 47.0. The number of aliphatic hydroxyl groups is 1. The first kappa shape index (κ1) is 24.7. The van der Waals surface area contributed by atoms with Crippen molar-refractivity contribution in [1.29, 1.82) is 0 Å². The SMILES string of the molecule is [C-]#[N+]c1ccc(OCC2(CNCC(C)O)CN(S(=O)(=O)c3ccc(Cl)cc3Cl)C2)cc1F. The van der Waals surface area contributed by atoms with E-state index in [1.165, 1.54) is 34.6 Å². The van der Waals surface area contributed by atoms with Crippen molar-refractivity contribution in [3.8, 4) is 5.75 Å². The minimum Gasteiger partial charge on any atom is -0.493 e. The summed E-state index contributed by atoms with van der Waals surface area (Å²) in [5.41, 5.74) is -0.707. The maximum Gasteiger partial charge on any atom is 0.244 e. The van der Waals surface area contributed by atoms with Gasteiger partial charge >= 0.3 is 0 Å². The molecular formula is C21H22Cl2FN3O4S. The van der Waals surface area contributed by atoms with Gasteiger partial charge < -0.3 is 15.2 Å².